The maximum Gasteiger partial charge on any atom is 0.339 e. The molecule has 0 fully saturated rings. The van der Waals surface area contributed by atoms with E-state index in [9.17, 15) is 4.79 Å². The van der Waals surface area contributed by atoms with Crippen LogP contribution in [0, 0.1) is 0 Å². The molecule has 1 aliphatic rings. The summed E-state index contributed by atoms with van der Waals surface area (Å²) in [5, 5.41) is 1.96. The molecule has 1 unspecified atom stereocenters. The maximum absolute atomic E-state index is 11.7. The molecule has 15 heavy (non-hydrogen) atoms. The summed E-state index contributed by atoms with van der Waals surface area (Å²) in [6, 6.07) is 0. The van der Waals surface area contributed by atoms with Crippen molar-refractivity contribution in [1.29, 1.82) is 0 Å². The van der Waals surface area contributed by atoms with Crippen molar-refractivity contribution in [2.45, 2.75) is 39.0 Å². The van der Waals surface area contributed by atoms with Crippen LogP contribution in [0.5, 0.6) is 0 Å². The average Bonchev–Trinajstić information content (AvgIpc) is 2.63. The van der Waals surface area contributed by atoms with Crippen LogP contribution in [0.3, 0.4) is 0 Å². The summed E-state index contributed by atoms with van der Waals surface area (Å²) >= 11 is 1.71. The first-order chi connectivity index (χ1) is 7.24. The first-order valence-corrected chi connectivity index (χ1v) is 6.39. The van der Waals surface area contributed by atoms with Gasteiger partial charge in [0.15, 0.2) is 0 Å². The number of hydrogen-bond donors (Lipinski definition) is 0. The van der Waals surface area contributed by atoms with Gasteiger partial charge in [0.05, 0.1) is 12.2 Å². The largest absolute Gasteiger partial charge is 0.462 e. The summed E-state index contributed by atoms with van der Waals surface area (Å²) in [5.41, 5.74) is 2.06. The third-order valence-electron chi connectivity index (χ3n) is 2.94. The molecule has 0 N–H and O–H groups in total. The lowest BCUT2D eigenvalue weighted by atomic mass is 9.87. The van der Waals surface area contributed by atoms with Gasteiger partial charge in [-0.2, -0.15) is 0 Å². The van der Waals surface area contributed by atoms with Crippen molar-refractivity contribution < 1.29 is 9.53 Å². The number of thiophene rings is 1. The van der Waals surface area contributed by atoms with Gasteiger partial charge in [-0.25, -0.2) is 4.79 Å². The molecule has 1 aromatic rings. The van der Waals surface area contributed by atoms with Crippen LogP contribution in [0.15, 0.2) is 5.38 Å². The molecule has 2 rings (SSSR count). The second-order valence-electron chi connectivity index (χ2n) is 4.00. The van der Waals surface area contributed by atoms with Crippen molar-refractivity contribution in [3.8, 4) is 0 Å². The smallest absolute Gasteiger partial charge is 0.339 e. The highest BCUT2D eigenvalue weighted by Crippen LogP contribution is 2.37. The van der Waals surface area contributed by atoms with Crippen molar-refractivity contribution in [3.05, 3.63) is 21.4 Å². The van der Waals surface area contributed by atoms with Crippen LogP contribution < -0.4 is 0 Å². The number of ether oxygens (including phenoxy) is 1. The molecule has 2 nitrogen and oxygen atoms in total. The van der Waals surface area contributed by atoms with Gasteiger partial charge in [0.2, 0.25) is 0 Å². The van der Waals surface area contributed by atoms with E-state index in [4.69, 9.17) is 4.74 Å². The molecule has 3 heteroatoms. The normalized spacial score (nSPS) is 19.7. The fourth-order valence-corrected chi connectivity index (χ4v) is 3.40. The number of carbonyl (C=O) groups excluding carboxylic acids is 1. The average molecular weight is 224 g/mol. The van der Waals surface area contributed by atoms with E-state index in [2.05, 4.69) is 6.92 Å². The first-order valence-electron chi connectivity index (χ1n) is 5.51. The highest BCUT2D eigenvalue weighted by atomic mass is 32.1. The van der Waals surface area contributed by atoms with Gasteiger partial charge in [-0.15, -0.1) is 11.3 Å². The highest BCUT2D eigenvalue weighted by molar-refractivity contribution is 7.10. The zero-order chi connectivity index (χ0) is 10.8. The Morgan fingerprint density at radius 2 is 2.47 bits per heavy atom. The fourth-order valence-electron chi connectivity index (χ4n) is 2.22. The zero-order valence-electron chi connectivity index (χ0n) is 9.21. The van der Waals surface area contributed by atoms with E-state index in [0.717, 1.165) is 12.0 Å². The minimum absolute atomic E-state index is 0.149. The first kappa shape index (κ1) is 10.7. The number of carbonyl (C=O) groups is 1. The summed E-state index contributed by atoms with van der Waals surface area (Å²) in [6.07, 6.45) is 3.57. The molecular formula is C12H16O2S. The summed E-state index contributed by atoms with van der Waals surface area (Å²) in [5.74, 6) is 0.364. The van der Waals surface area contributed by atoms with Crippen molar-refractivity contribution in [2.75, 3.05) is 6.61 Å². The molecule has 0 radical (unpaired) electrons. The van der Waals surface area contributed by atoms with Crippen LogP contribution >= 0.6 is 11.3 Å². The quantitative estimate of drug-likeness (QED) is 0.720. The lowest BCUT2D eigenvalue weighted by Gasteiger charge is -2.19. The molecule has 1 aromatic heterocycles. The van der Waals surface area contributed by atoms with Gasteiger partial charge in [-0.05, 0) is 37.7 Å². The topological polar surface area (TPSA) is 26.3 Å². The molecule has 0 spiro atoms. The van der Waals surface area contributed by atoms with Crippen molar-refractivity contribution >= 4 is 17.3 Å². The summed E-state index contributed by atoms with van der Waals surface area (Å²) in [7, 11) is 0. The molecule has 0 aliphatic heterocycles. The monoisotopic (exact) mass is 224 g/mol. The van der Waals surface area contributed by atoms with E-state index in [0.29, 0.717) is 12.5 Å². The SMILES string of the molecule is CCOC(=O)c1csc2c1C(C)CCC2. The molecule has 1 aliphatic carbocycles. The van der Waals surface area contributed by atoms with Crippen LogP contribution in [-0.4, -0.2) is 12.6 Å². The lowest BCUT2D eigenvalue weighted by molar-refractivity contribution is 0.0525. The predicted molar refractivity (Wildman–Crippen MR) is 61.6 cm³/mol. The Balaban J connectivity index is 2.33. The van der Waals surface area contributed by atoms with Gasteiger partial charge >= 0.3 is 5.97 Å². The second-order valence-corrected chi connectivity index (χ2v) is 4.96. The van der Waals surface area contributed by atoms with Crippen molar-refractivity contribution in [2.24, 2.45) is 0 Å². The Hall–Kier alpha value is -0.830. The van der Waals surface area contributed by atoms with E-state index in [1.165, 1.54) is 23.3 Å². The fraction of sp³-hybridized carbons (Fsp3) is 0.583. The molecule has 1 atom stereocenters. The Labute approximate surface area is 94.3 Å². The zero-order valence-corrected chi connectivity index (χ0v) is 10.0. The minimum atomic E-state index is -0.149. The van der Waals surface area contributed by atoms with Gasteiger partial charge in [-0.3, -0.25) is 0 Å². The van der Waals surface area contributed by atoms with Crippen LogP contribution in [0.25, 0.3) is 0 Å². The molecule has 0 saturated carbocycles. The number of aryl methyl sites for hydroxylation is 1. The summed E-state index contributed by atoms with van der Waals surface area (Å²) < 4.78 is 5.07. The van der Waals surface area contributed by atoms with Crippen molar-refractivity contribution in [3.63, 3.8) is 0 Å². The molecule has 0 amide bonds. The van der Waals surface area contributed by atoms with E-state index >= 15 is 0 Å². The van der Waals surface area contributed by atoms with Crippen LogP contribution in [0.4, 0.5) is 0 Å². The van der Waals surface area contributed by atoms with Crippen molar-refractivity contribution in [1.82, 2.24) is 0 Å². The number of esters is 1. The molecule has 0 bridgehead atoms. The van der Waals surface area contributed by atoms with Gasteiger partial charge in [0, 0.05) is 10.3 Å². The summed E-state index contributed by atoms with van der Waals surface area (Å²) in [4.78, 5) is 13.1. The lowest BCUT2D eigenvalue weighted by Crippen LogP contribution is -2.11. The van der Waals surface area contributed by atoms with Crippen LogP contribution in [-0.2, 0) is 11.2 Å². The number of hydrogen-bond acceptors (Lipinski definition) is 3. The van der Waals surface area contributed by atoms with Gasteiger partial charge in [0.25, 0.3) is 0 Å². The van der Waals surface area contributed by atoms with E-state index < -0.39 is 0 Å². The van der Waals surface area contributed by atoms with Crippen LogP contribution in [0.2, 0.25) is 0 Å². The standard InChI is InChI=1S/C12H16O2S/c1-3-14-12(13)9-7-15-10-6-4-5-8(2)11(9)10/h7-8H,3-6H2,1-2H3. The Kier molecular flexibility index (Phi) is 3.10. The number of fused-ring (bicyclic) bond motifs is 1. The van der Waals surface area contributed by atoms with Gasteiger partial charge in [-0.1, -0.05) is 6.92 Å². The molecule has 82 valence electrons. The van der Waals surface area contributed by atoms with Crippen LogP contribution in [0.1, 0.15) is 53.4 Å². The van der Waals surface area contributed by atoms with Gasteiger partial charge < -0.3 is 4.74 Å². The summed E-state index contributed by atoms with van der Waals surface area (Å²) in [6.45, 7) is 4.51. The van der Waals surface area contributed by atoms with Gasteiger partial charge in [0.1, 0.15) is 0 Å². The molecule has 1 heterocycles. The Bertz CT molecular complexity index is 368. The number of rotatable bonds is 2. The molecular weight excluding hydrogens is 208 g/mol. The third kappa shape index (κ3) is 1.93. The van der Waals surface area contributed by atoms with E-state index in [-0.39, 0.29) is 5.97 Å². The Morgan fingerprint density at radius 3 is 3.20 bits per heavy atom. The molecule has 0 saturated heterocycles. The predicted octanol–water partition coefficient (Wildman–Crippen LogP) is 3.36. The highest BCUT2D eigenvalue weighted by Gasteiger charge is 2.25. The minimum Gasteiger partial charge on any atom is -0.462 e. The van der Waals surface area contributed by atoms with E-state index in [1.54, 1.807) is 11.3 Å². The maximum atomic E-state index is 11.7. The van der Waals surface area contributed by atoms with E-state index in [1.807, 2.05) is 12.3 Å². The second kappa shape index (κ2) is 4.35. The molecule has 0 aromatic carbocycles. The third-order valence-corrected chi connectivity index (χ3v) is 4.00. The Morgan fingerprint density at radius 1 is 1.67 bits per heavy atom.